The number of aliphatic hydroxyl groups is 1. The molecule has 2 aliphatic heterocycles. The Morgan fingerprint density at radius 2 is 1.65 bits per heavy atom. The van der Waals surface area contributed by atoms with E-state index in [2.05, 4.69) is 42.0 Å². The van der Waals surface area contributed by atoms with Crippen molar-refractivity contribution in [2.45, 2.75) is 57.5 Å². The van der Waals surface area contributed by atoms with Crippen LogP contribution in [0.25, 0.3) is 10.8 Å². The number of hydrogen-bond donors (Lipinski definition) is 3. The van der Waals surface area contributed by atoms with E-state index >= 15 is 0 Å². The Labute approximate surface area is 232 Å². The minimum atomic E-state index is -1.16. The molecule has 0 saturated carbocycles. The van der Waals surface area contributed by atoms with Crippen LogP contribution >= 0.6 is 0 Å². The zero-order valence-electron chi connectivity index (χ0n) is 22.6. The van der Waals surface area contributed by atoms with Crippen LogP contribution in [0.3, 0.4) is 0 Å². The van der Waals surface area contributed by atoms with Gasteiger partial charge in [-0.3, -0.25) is 9.59 Å². The van der Waals surface area contributed by atoms with Crippen molar-refractivity contribution in [1.29, 1.82) is 0 Å². The number of fused-ring (bicyclic) bond motifs is 5. The Bertz CT molecular complexity index is 1880. The molecule has 198 valence electrons. The summed E-state index contributed by atoms with van der Waals surface area (Å²) in [6.07, 6.45) is 3.20. The number of phenolic OH excluding ortho intramolecular Hbond substituents is 1. The second kappa shape index (κ2) is 8.08. The lowest BCUT2D eigenvalue weighted by atomic mass is 9.67. The van der Waals surface area contributed by atoms with E-state index in [1.165, 1.54) is 11.6 Å². The van der Waals surface area contributed by atoms with E-state index in [9.17, 15) is 19.8 Å². The average Bonchev–Trinajstić information content (AvgIpc) is 3.66. The first-order chi connectivity index (χ1) is 19.2. The molecule has 3 aromatic carbocycles. The molecule has 4 aliphatic rings. The number of ether oxygens (including phenoxy) is 1. The van der Waals surface area contributed by atoms with Gasteiger partial charge < -0.3 is 20.3 Å². The number of nitrogens with one attached hydrogen (secondary N) is 1. The van der Waals surface area contributed by atoms with E-state index in [1.807, 2.05) is 19.9 Å². The van der Waals surface area contributed by atoms with E-state index < -0.39 is 35.0 Å². The number of ketones is 2. The van der Waals surface area contributed by atoms with Gasteiger partial charge in [-0.1, -0.05) is 42.7 Å². The molecule has 1 fully saturated rings. The highest BCUT2D eigenvalue weighted by Gasteiger charge is 2.81. The minimum absolute atomic E-state index is 0.0382. The van der Waals surface area contributed by atoms with Gasteiger partial charge in [-0.15, -0.1) is 0 Å². The number of aliphatic hydroxyl groups excluding tert-OH is 1. The number of carbonyl (C=O) groups is 2. The second-order valence-corrected chi connectivity index (χ2v) is 11.1. The predicted octanol–water partition coefficient (Wildman–Crippen LogP) is 4.54. The summed E-state index contributed by atoms with van der Waals surface area (Å²) in [7, 11) is 0. The van der Waals surface area contributed by atoms with Gasteiger partial charge in [0.15, 0.2) is 17.2 Å². The average molecular weight is 530 g/mol. The maximum Gasteiger partial charge on any atom is 0.198 e. The molecule has 0 spiro atoms. The summed E-state index contributed by atoms with van der Waals surface area (Å²) in [5, 5.41) is 27.4. The van der Waals surface area contributed by atoms with Gasteiger partial charge in [0.1, 0.15) is 17.4 Å². The standard InChI is InChI=1S/C34H27NO5/c1-5-20-13-22-15-23-24(14-21(22)12-17(20)2)32(39)29-28(31(23)38)26(37)16-25-30(29)35-27-11-9-7-6-8-10-18(3)33(25)34(27,40-33)19(4)36/h6-7,12-16,18-19,27,35-37H,5H2,1-4H3/b7-6-/t18-,19-,27+,33-,34+/m1/s1. The van der Waals surface area contributed by atoms with Crippen LogP contribution in [-0.2, 0) is 16.8 Å². The topological polar surface area (TPSA) is 99.2 Å². The van der Waals surface area contributed by atoms with Gasteiger partial charge in [-0.2, -0.15) is 0 Å². The van der Waals surface area contributed by atoms with Crippen molar-refractivity contribution < 1.29 is 24.5 Å². The van der Waals surface area contributed by atoms with Gasteiger partial charge in [0.05, 0.1) is 28.8 Å². The lowest BCUT2D eigenvalue weighted by molar-refractivity contribution is 0.0868. The van der Waals surface area contributed by atoms with Crippen LogP contribution in [0.5, 0.6) is 5.75 Å². The maximum absolute atomic E-state index is 14.3. The van der Waals surface area contributed by atoms with Crippen LogP contribution in [0.2, 0.25) is 0 Å². The summed E-state index contributed by atoms with van der Waals surface area (Å²) in [4.78, 5) is 28.2. The smallest absolute Gasteiger partial charge is 0.198 e. The van der Waals surface area contributed by atoms with E-state index in [4.69, 9.17) is 4.74 Å². The molecule has 2 heterocycles. The SMILES string of the molecule is CCc1cc2cc3c(cc2cc1C)C(=O)c1c2c(cc(O)c1C3=O)[C@@]13O[C@@]1([C@@H](C)O)[C@H](C#C/C=C\C#C[C@H]3C)N2. The molecule has 0 amide bonds. The van der Waals surface area contributed by atoms with Crippen molar-refractivity contribution in [3.8, 4) is 29.4 Å². The molecule has 5 atom stereocenters. The molecule has 6 heteroatoms. The molecule has 40 heavy (non-hydrogen) atoms. The first-order valence-electron chi connectivity index (χ1n) is 13.5. The molecule has 0 radical (unpaired) electrons. The molecule has 2 aliphatic carbocycles. The summed E-state index contributed by atoms with van der Waals surface area (Å²) >= 11 is 0. The van der Waals surface area contributed by atoms with Crippen LogP contribution in [0.4, 0.5) is 5.69 Å². The summed E-state index contributed by atoms with van der Waals surface area (Å²) in [6, 6.07) is 8.42. The molecule has 3 aromatic rings. The van der Waals surface area contributed by atoms with Crippen molar-refractivity contribution in [3.05, 3.63) is 81.4 Å². The van der Waals surface area contributed by atoms with Gasteiger partial charge in [0.2, 0.25) is 0 Å². The Balaban J connectivity index is 1.50. The Morgan fingerprint density at radius 3 is 2.33 bits per heavy atom. The van der Waals surface area contributed by atoms with Gasteiger partial charge in [0.25, 0.3) is 0 Å². The summed E-state index contributed by atoms with van der Waals surface area (Å²) in [5.41, 5.74) is 1.50. The highest BCUT2D eigenvalue weighted by Crippen LogP contribution is 2.68. The summed E-state index contributed by atoms with van der Waals surface area (Å²) in [6.45, 7) is 7.66. The minimum Gasteiger partial charge on any atom is -0.507 e. The van der Waals surface area contributed by atoms with E-state index in [-0.39, 0.29) is 28.2 Å². The van der Waals surface area contributed by atoms with E-state index in [0.717, 1.165) is 22.8 Å². The van der Waals surface area contributed by atoms with Crippen LogP contribution < -0.4 is 5.32 Å². The maximum atomic E-state index is 14.3. The van der Waals surface area contributed by atoms with Crippen molar-refractivity contribution in [2.24, 2.45) is 5.92 Å². The number of phenols is 1. The lowest BCUT2D eigenvalue weighted by Gasteiger charge is -2.38. The van der Waals surface area contributed by atoms with Crippen LogP contribution in [0, 0.1) is 36.5 Å². The molecule has 7 rings (SSSR count). The second-order valence-electron chi connectivity index (χ2n) is 11.1. The fourth-order valence-electron chi connectivity index (χ4n) is 7.07. The number of aromatic hydroxyl groups is 1. The van der Waals surface area contributed by atoms with Crippen molar-refractivity contribution >= 4 is 28.0 Å². The number of epoxide rings is 1. The fraction of sp³-hybridized carbons (Fsp3) is 0.294. The number of carbonyl (C=O) groups excluding carboxylic acids is 2. The molecular weight excluding hydrogens is 502 g/mol. The molecule has 0 unspecified atom stereocenters. The van der Waals surface area contributed by atoms with Gasteiger partial charge >= 0.3 is 0 Å². The number of allylic oxidation sites excluding steroid dienone is 2. The van der Waals surface area contributed by atoms with E-state index in [1.54, 1.807) is 31.2 Å². The first kappa shape index (κ1) is 24.7. The number of aryl methyl sites for hydroxylation is 2. The largest absolute Gasteiger partial charge is 0.507 e. The zero-order valence-corrected chi connectivity index (χ0v) is 22.6. The van der Waals surface area contributed by atoms with E-state index in [0.29, 0.717) is 16.8 Å². The van der Waals surface area contributed by atoms with Gasteiger partial charge in [-0.05, 0) is 79.4 Å². The Hall–Kier alpha value is -4.36. The normalized spacial score (nSPS) is 28.3. The Morgan fingerprint density at radius 1 is 1.00 bits per heavy atom. The third-order valence-electron chi connectivity index (χ3n) is 9.06. The van der Waals surface area contributed by atoms with Crippen molar-refractivity contribution in [3.63, 3.8) is 0 Å². The van der Waals surface area contributed by atoms with Gasteiger partial charge in [0, 0.05) is 16.7 Å². The highest BCUT2D eigenvalue weighted by molar-refractivity contribution is 6.32. The van der Waals surface area contributed by atoms with Crippen LogP contribution in [0.1, 0.15) is 69.3 Å². The molecular formula is C34H27NO5. The van der Waals surface area contributed by atoms with Crippen molar-refractivity contribution in [2.75, 3.05) is 5.32 Å². The highest BCUT2D eigenvalue weighted by atomic mass is 16.6. The van der Waals surface area contributed by atoms with Crippen molar-refractivity contribution in [1.82, 2.24) is 0 Å². The lowest BCUT2D eigenvalue weighted by Crippen LogP contribution is -2.53. The third-order valence-corrected chi connectivity index (χ3v) is 9.06. The molecule has 3 N–H and O–H groups in total. The summed E-state index contributed by atoms with van der Waals surface area (Å²) in [5.74, 6) is 10.8. The zero-order chi connectivity index (χ0) is 28.1. The molecule has 0 aromatic heterocycles. The predicted molar refractivity (Wildman–Crippen MR) is 151 cm³/mol. The molecule has 6 nitrogen and oxygen atoms in total. The van der Waals surface area contributed by atoms with Gasteiger partial charge in [-0.25, -0.2) is 0 Å². The monoisotopic (exact) mass is 529 g/mol. The quantitative estimate of drug-likeness (QED) is 0.200. The Kier molecular flexibility index (Phi) is 4.98. The number of rotatable bonds is 2. The fourth-order valence-corrected chi connectivity index (χ4v) is 7.07. The number of benzene rings is 3. The third kappa shape index (κ3) is 2.88. The number of anilines is 1. The first-order valence-corrected chi connectivity index (χ1v) is 13.5. The van der Waals surface area contributed by atoms with Crippen LogP contribution in [-0.4, -0.2) is 39.5 Å². The number of hydrogen-bond acceptors (Lipinski definition) is 6. The molecule has 2 bridgehead atoms. The summed E-state index contributed by atoms with van der Waals surface area (Å²) < 4.78 is 6.47. The molecule has 1 saturated heterocycles. The van der Waals surface area contributed by atoms with Crippen LogP contribution in [0.15, 0.2) is 42.5 Å².